The fourth-order valence-electron chi connectivity index (χ4n) is 1.89. The number of nitrogens with one attached hydrogen (secondary N) is 2. The van der Waals surface area contributed by atoms with Gasteiger partial charge in [0.15, 0.2) is 0 Å². The number of carbonyl (C=O) groups is 2. The molecule has 0 saturated carbocycles. The Labute approximate surface area is 124 Å². The highest BCUT2D eigenvalue weighted by Gasteiger charge is 2.22. The van der Waals surface area contributed by atoms with Gasteiger partial charge in [-0.25, -0.2) is 0 Å². The molecule has 1 heterocycles. The first-order valence-corrected chi connectivity index (χ1v) is 6.81. The molecule has 2 amide bonds. The molecular formula is C13H23N5O3. The van der Waals surface area contributed by atoms with Gasteiger partial charge in [-0.3, -0.25) is 14.3 Å². The first kappa shape index (κ1) is 17.0. The van der Waals surface area contributed by atoms with Gasteiger partial charge in [-0.15, -0.1) is 0 Å². The van der Waals surface area contributed by atoms with Gasteiger partial charge in [0.1, 0.15) is 11.7 Å². The minimum absolute atomic E-state index is 0.267. The van der Waals surface area contributed by atoms with E-state index in [9.17, 15) is 9.59 Å². The number of carbonyl (C=O) groups excluding carboxylic acids is 2. The van der Waals surface area contributed by atoms with Crippen LogP contribution in [0.1, 0.15) is 30.0 Å². The molecule has 0 saturated heterocycles. The molecule has 0 aromatic carbocycles. The lowest BCUT2D eigenvalue weighted by molar-refractivity contribution is -0.122. The highest BCUT2D eigenvalue weighted by molar-refractivity contribution is 6.00. The predicted octanol–water partition coefficient (Wildman–Crippen LogP) is -0.554. The Bertz CT molecular complexity index is 512. The van der Waals surface area contributed by atoms with E-state index in [4.69, 9.17) is 10.5 Å². The van der Waals surface area contributed by atoms with E-state index in [0.717, 1.165) is 0 Å². The molecule has 1 aromatic heterocycles. The van der Waals surface area contributed by atoms with Crippen molar-refractivity contribution in [1.82, 2.24) is 20.4 Å². The lowest BCUT2D eigenvalue weighted by Gasteiger charge is -2.14. The monoisotopic (exact) mass is 297 g/mol. The Morgan fingerprint density at radius 2 is 2.14 bits per heavy atom. The fraction of sp³-hybridized carbons (Fsp3) is 0.615. The average Bonchev–Trinajstić information content (AvgIpc) is 2.73. The zero-order valence-electron chi connectivity index (χ0n) is 12.9. The van der Waals surface area contributed by atoms with Crippen molar-refractivity contribution in [3.05, 3.63) is 11.4 Å². The first-order chi connectivity index (χ1) is 9.92. The largest absolute Gasteiger partial charge is 0.395 e. The third-order valence-corrected chi connectivity index (χ3v) is 3.06. The number of aryl methyl sites for hydroxylation is 2. The number of aromatic nitrogens is 2. The molecule has 0 bridgehead atoms. The number of rotatable bonds is 7. The summed E-state index contributed by atoms with van der Waals surface area (Å²) in [6, 6.07) is -0.672. The van der Waals surface area contributed by atoms with Crippen molar-refractivity contribution in [3.63, 3.8) is 0 Å². The number of anilines is 1. The lowest BCUT2D eigenvalue weighted by atomic mass is 10.2. The van der Waals surface area contributed by atoms with Gasteiger partial charge in [0.25, 0.3) is 5.91 Å². The second-order valence-electron chi connectivity index (χ2n) is 4.67. The maximum absolute atomic E-state index is 12.2. The van der Waals surface area contributed by atoms with Crippen molar-refractivity contribution in [2.24, 2.45) is 7.05 Å². The van der Waals surface area contributed by atoms with E-state index in [2.05, 4.69) is 15.7 Å². The standard InChI is InChI=1S/C13H23N5O3/c1-5-9-10(14)11(18(3)17-9)13(20)16-8(2)12(19)15-6-7-21-4/h8H,5-7,14H2,1-4H3,(H,15,19)(H,16,20). The maximum Gasteiger partial charge on any atom is 0.272 e. The topological polar surface area (TPSA) is 111 Å². The minimum Gasteiger partial charge on any atom is -0.395 e. The summed E-state index contributed by atoms with van der Waals surface area (Å²) in [5.41, 5.74) is 7.19. The normalized spacial score (nSPS) is 12.0. The number of hydrogen-bond donors (Lipinski definition) is 3. The molecule has 0 fully saturated rings. The highest BCUT2D eigenvalue weighted by atomic mass is 16.5. The molecule has 118 valence electrons. The molecule has 1 unspecified atom stereocenters. The van der Waals surface area contributed by atoms with Gasteiger partial charge in [0.05, 0.1) is 18.0 Å². The van der Waals surface area contributed by atoms with Gasteiger partial charge >= 0.3 is 0 Å². The number of ether oxygens (including phenoxy) is 1. The maximum atomic E-state index is 12.2. The molecule has 1 rings (SSSR count). The van der Waals surface area contributed by atoms with Crippen LogP contribution < -0.4 is 16.4 Å². The van der Waals surface area contributed by atoms with E-state index in [1.165, 1.54) is 4.68 Å². The van der Waals surface area contributed by atoms with Crippen LogP contribution in [0.2, 0.25) is 0 Å². The molecule has 8 heteroatoms. The number of methoxy groups -OCH3 is 1. The van der Waals surface area contributed by atoms with Crippen molar-refractivity contribution in [2.75, 3.05) is 26.0 Å². The third kappa shape index (κ3) is 4.19. The number of hydrogen-bond acceptors (Lipinski definition) is 5. The van der Waals surface area contributed by atoms with Crippen LogP contribution in [0.3, 0.4) is 0 Å². The lowest BCUT2D eigenvalue weighted by Crippen LogP contribution is -2.46. The Kier molecular flexibility index (Phi) is 6.16. The molecular weight excluding hydrogens is 274 g/mol. The summed E-state index contributed by atoms with van der Waals surface area (Å²) in [5.74, 6) is -0.701. The summed E-state index contributed by atoms with van der Waals surface area (Å²) >= 11 is 0. The van der Waals surface area contributed by atoms with Crippen LogP contribution >= 0.6 is 0 Å². The number of nitrogens with two attached hydrogens (primary N) is 1. The number of nitrogens with zero attached hydrogens (tertiary/aromatic N) is 2. The Morgan fingerprint density at radius 3 is 2.67 bits per heavy atom. The Hall–Kier alpha value is -2.09. The van der Waals surface area contributed by atoms with Gasteiger partial charge in [0.2, 0.25) is 5.91 Å². The van der Waals surface area contributed by atoms with Gasteiger partial charge in [0, 0.05) is 20.7 Å². The second-order valence-corrected chi connectivity index (χ2v) is 4.67. The smallest absolute Gasteiger partial charge is 0.272 e. The fourth-order valence-corrected chi connectivity index (χ4v) is 1.89. The van der Waals surface area contributed by atoms with E-state index in [-0.39, 0.29) is 11.6 Å². The molecule has 1 aromatic rings. The molecule has 0 aliphatic rings. The molecule has 8 nitrogen and oxygen atoms in total. The molecule has 0 aliphatic heterocycles. The molecule has 0 aliphatic carbocycles. The van der Waals surface area contributed by atoms with E-state index in [1.54, 1.807) is 21.1 Å². The average molecular weight is 297 g/mol. The summed E-state index contributed by atoms with van der Waals surface area (Å²) in [5, 5.41) is 9.44. The van der Waals surface area contributed by atoms with Crippen LogP contribution in [0.4, 0.5) is 5.69 Å². The molecule has 0 radical (unpaired) electrons. The van der Waals surface area contributed by atoms with Gasteiger partial charge in [-0.1, -0.05) is 6.92 Å². The highest BCUT2D eigenvalue weighted by Crippen LogP contribution is 2.16. The first-order valence-electron chi connectivity index (χ1n) is 6.81. The van der Waals surface area contributed by atoms with E-state index < -0.39 is 11.9 Å². The van der Waals surface area contributed by atoms with Crippen molar-refractivity contribution in [3.8, 4) is 0 Å². The summed E-state index contributed by atoms with van der Waals surface area (Å²) in [6.45, 7) is 4.32. The van der Waals surface area contributed by atoms with Crippen LogP contribution in [0.15, 0.2) is 0 Å². The van der Waals surface area contributed by atoms with Crippen molar-refractivity contribution in [1.29, 1.82) is 0 Å². The quantitative estimate of drug-likeness (QED) is 0.584. The van der Waals surface area contributed by atoms with Gasteiger partial charge in [-0.05, 0) is 13.3 Å². The Morgan fingerprint density at radius 1 is 1.48 bits per heavy atom. The summed E-state index contributed by atoms with van der Waals surface area (Å²) in [6.07, 6.45) is 0.639. The van der Waals surface area contributed by atoms with Crippen molar-refractivity contribution < 1.29 is 14.3 Å². The molecule has 4 N–H and O–H groups in total. The second kappa shape index (κ2) is 7.63. The summed E-state index contributed by atoms with van der Waals surface area (Å²) < 4.78 is 6.27. The zero-order valence-corrected chi connectivity index (χ0v) is 12.9. The van der Waals surface area contributed by atoms with E-state index in [1.807, 2.05) is 6.92 Å². The summed E-state index contributed by atoms with van der Waals surface area (Å²) in [4.78, 5) is 24.0. The van der Waals surface area contributed by atoms with Gasteiger partial charge in [-0.2, -0.15) is 5.10 Å². The SMILES string of the molecule is CCc1nn(C)c(C(=O)NC(C)C(=O)NCCOC)c1N. The van der Waals surface area contributed by atoms with Crippen molar-refractivity contribution >= 4 is 17.5 Å². The van der Waals surface area contributed by atoms with Gasteiger partial charge < -0.3 is 21.1 Å². The van der Waals surface area contributed by atoms with E-state index >= 15 is 0 Å². The third-order valence-electron chi connectivity index (χ3n) is 3.06. The van der Waals surface area contributed by atoms with Crippen LogP contribution in [-0.2, 0) is 23.0 Å². The van der Waals surface area contributed by atoms with Crippen LogP contribution in [0, 0.1) is 0 Å². The predicted molar refractivity (Wildman–Crippen MR) is 78.8 cm³/mol. The Balaban J connectivity index is 2.68. The van der Waals surface area contributed by atoms with Crippen molar-refractivity contribution in [2.45, 2.75) is 26.3 Å². The molecule has 21 heavy (non-hydrogen) atoms. The number of nitrogen functional groups attached to an aromatic ring is 1. The van der Waals surface area contributed by atoms with Crippen LogP contribution in [0.25, 0.3) is 0 Å². The van der Waals surface area contributed by atoms with Crippen LogP contribution in [-0.4, -0.2) is 47.9 Å². The zero-order chi connectivity index (χ0) is 16.0. The van der Waals surface area contributed by atoms with Crippen LogP contribution in [0.5, 0.6) is 0 Å². The molecule has 1 atom stereocenters. The molecule has 0 spiro atoms. The minimum atomic E-state index is -0.672. The number of amides is 2. The van der Waals surface area contributed by atoms with E-state index in [0.29, 0.717) is 31.0 Å². The summed E-state index contributed by atoms with van der Waals surface area (Å²) in [7, 11) is 3.20.